The number of phenols is 1. The van der Waals surface area contributed by atoms with Gasteiger partial charge in [-0.2, -0.15) is 0 Å². The molecule has 1 amide bonds. The van der Waals surface area contributed by atoms with E-state index in [9.17, 15) is 15.0 Å². The van der Waals surface area contributed by atoms with E-state index in [1.165, 1.54) is 0 Å². The first kappa shape index (κ1) is 17.8. The molecule has 1 saturated heterocycles. The van der Waals surface area contributed by atoms with Gasteiger partial charge in [-0.15, -0.1) is 0 Å². The van der Waals surface area contributed by atoms with Crippen LogP contribution in [0.1, 0.15) is 80.3 Å². The van der Waals surface area contributed by atoms with Gasteiger partial charge in [0.05, 0.1) is 11.7 Å². The molecule has 2 N–H and O–H groups in total. The number of benzene rings is 1. The zero-order chi connectivity index (χ0) is 17.1. The predicted octanol–water partition coefficient (Wildman–Crippen LogP) is 3.63. The molecule has 2 rings (SSSR count). The highest BCUT2D eigenvalue weighted by molar-refractivity contribution is 5.97. The average molecular weight is 319 g/mol. The maximum atomic E-state index is 12.9. The lowest BCUT2D eigenvalue weighted by molar-refractivity contribution is 0.0750. The Hall–Kier alpha value is -1.55. The second kappa shape index (κ2) is 7.35. The van der Waals surface area contributed by atoms with Crippen molar-refractivity contribution in [2.75, 3.05) is 13.1 Å². The molecule has 0 spiro atoms. The number of aromatic hydroxyl groups is 1. The fourth-order valence-corrected chi connectivity index (χ4v) is 3.07. The van der Waals surface area contributed by atoms with Crippen LogP contribution in [0.25, 0.3) is 0 Å². The Morgan fingerprint density at radius 3 is 2.43 bits per heavy atom. The van der Waals surface area contributed by atoms with Crippen LogP contribution in [0.15, 0.2) is 12.1 Å². The van der Waals surface area contributed by atoms with Crippen molar-refractivity contribution >= 4 is 5.91 Å². The van der Waals surface area contributed by atoms with Crippen LogP contribution in [0, 0.1) is 0 Å². The number of hydrogen-bond donors (Lipinski definition) is 2. The Labute approximate surface area is 139 Å². The molecule has 1 fully saturated rings. The number of phenolic OH excluding ortho intramolecular Hbond substituents is 1. The van der Waals surface area contributed by atoms with Gasteiger partial charge in [-0.1, -0.05) is 33.8 Å². The Kier molecular flexibility index (Phi) is 5.69. The first-order valence-electron chi connectivity index (χ1n) is 8.65. The number of likely N-dealkylation sites (tertiary alicyclic amines) is 1. The monoisotopic (exact) mass is 319 g/mol. The van der Waals surface area contributed by atoms with Crippen LogP contribution in [0.4, 0.5) is 0 Å². The summed E-state index contributed by atoms with van der Waals surface area (Å²) in [5, 5.41) is 20.4. The molecule has 128 valence electrons. The van der Waals surface area contributed by atoms with Crippen molar-refractivity contribution in [3.63, 3.8) is 0 Å². The van der Waals surface area contributed by atoms with E-state index in [0.29, 0.717) is 31.0 Å². The number of aliphatic hydroxyl groups is 1. The number of nitrogens with zero attached hydrogens (tertiary/aromatic N) is 1. The van der Waals surface area contributed by atoms with Gasteiger partial charge in [0.2, 0.25) is 0 Å². The largest absolute Gasteiger partial charge is 0.507 e. The quantitative estimate of drug-likeness (QED) is 0.894. The molecule has 0 saturated carbocycles. The van der Waals surface area contributed by atoms with Crippen LogP contribution in [-0.4, -0.2) is 40.2 Å². The first-order chi connectivity index (χ1) is 10.8. The van der Waals surface area contributed by atoms with E-state index < -0.39 is 0 Å². The number of hydrogen-bond acceptors (Lipinski definition) is 3. The molecule has 0 aromatic heterocycles. The topological polar surface area (TPSA) is 60.8 Å². The summed E-state index contributed by atoms with van der Waals surface area (Å²) in [6.45, 7) is 9.41. The van der Waals surface area contributed by atoms with Gasteiger partial charge in [0, 0.05) is 13.1 Å². The summed E-state index contributed by atoms with van der Waals surface area (Å²) in [6.07, 6.45) is 1.82. The van der Waals surface area contributed by atoms with Gasteiger partial charge in [0.1, 0.15) is 5.75 Å². The molecule has 1 aliphatic heterocycles. The van der Waals surface area contributed by atoms with Crippen LogP contribution < -0.4 is 0 Å². The van der Waals surface area contributed by atoms with Crippen LogP contribution in [-0.2, 0) is 0 Å². The molecule has 4 nitrogen and oxygen atoms in total. The fraction of sp³-hybridized carbons (Fsp3) is 0.632. The van der Waals surface area contributed by atoms with Crippen LogP contribution in [0.2, 0.25) is 0 Å². The van der Waals surface area contributed by atoms with Gasteiger partial charge in [0.15, 0.2) is 0 Å². The molecule has 1 aliphatic rings. The van der Waals surface area contributed by atoms with Crippen molar-refractivity contribution in [1.29, 1.82) is 0 Å². The third-order valence-electron chi connectivity index (χ3n) is 4.67. The van der Waals surface area contributed by atoms with E-state index in [4.69, 9.17) is 0 Å². The van der Waals surface area contributed by atoms with E-state index in [2.05, 4.69) is 13.8 Å². The van der Waals surface area contributed by atoms with Crippen molar-refractivity contribution in [2.45, 2.75) is 64.9 Å². The molecule has 1 aromatic rings. The summed E-state index contributed by atoms with van der Waals surface area (Å²) in [7, 11) is 0. The summed E-state index contributed by atoms with van der Waals surface area (Å²) in [5.74, 6) is 0.442. The third kappa shape index (κ3) is 4.05. The summed E-state index contributed by atoms with van der Waals surface area (Å²) in [4.78, 5) is 14.7. The van der Waals surface area contributed by atoms with E-state index in [-0.39, 0.29) is 23.7 Å². The third-order valence-corrected chi connectivity index (χ3v) is 4.67. The van der Waals surface area contributed by atoms with Gasteiger partial charge in [-0.25, -0.2) is 0 Å². The molecule has 4 heteroatoms. The maximum Gasteiger partial charge on any atom is 0.257 e. The lowest BCUT2D eigenvalue weighted by atomic mass is 9.91. The molecule has 1 aromatic carbocycles. The highest BCUT2D eigenvalue weighted by Gasteiger charge is 2.25. The second-order valence-electron chi connectivity index (χ2n) is 7.19. The minimum atomic E-state index is -0.324. The Morgan fingerprint density at radius 2 is 1.83 bits per heavy atom. The van der Waals surface area contributed by atoms with E-state index in [1.807, 2.05) is 26.0 Å². The molecule has 23 heavy (non-hydrogen) atoms. The summed E-state index contributed by atoms with van der Waals surface area (Å²) in [6, 6.07) is 3.84. The van der Waals surface area contributed by atoms with Crippen LogP contribution in [0.5, 0.6) is 5.75 Å². The minimum Gasteiger partial charge on any atom is -0.507 e. The Morgan fingerprint density at radius 1 is 1.13 bits per heavy atom. The number of carbonyl (C=O) groups is 1. The van der Waals surface area contributed by atoms with Gasteiger partial charge in [0.25, 0.3) is 5.91 Å². The molecule has 0 radical (unpaired) electrons. The van der Waals surface area contributed by atoms with Gasteiger partial charge < -0.3 is 15.1 Å². The zero-order valence-electron chi connectivity index (χ0n) is 14.7. The van der Waals surface area contributed by atoms with Gasteiger partial charge in [-0.05, 0) is 48.3 Å². The second-order valence-corrected chi connectivity index (χ2v) is 7.19. The van der Waals surface area contributed by atoms with Crippen LogP contribution >= 0.6 is 0 Å². The maximum absolute atomic E-state index is 12.9. The number of carbonyl (C=O) groups excluding carboxylic acids is 1. The number of aliphatic hydroxyl groups excluding tert-OH is 1. The van der Waals surface area contributed by atoms with E-state index in [0.717, 1.165) is 24.0 Å². The number of rotatable bonds is 3. The Bertz CT molecular complexity index is 566. The summed E-state index contributed by atoms with van der Waals surface area (Å²) in [5.41, 5.74) is 2.30. The lowest BCUT2D eigenvalue weighted by Crippen LogP contribution is -2.32. The molecule has 1 unspecified atom stereocenters. The summed E-state index contributed by atoms with van der Waals surface area (Å²) < 4.78 is 0. The van der Waals surface area contributed by atoms with Crippen molar-refractivity contribution in [3.8, 4) is 5.75 Å². The van der Waals surface area contributed by atoms with E-state index in [1.54, 1.807) is 4.90 Å². The fourth-order valence-electron chi connectivity index (χ4n) is 3.07. The molecule has 0 aliphatic carbocycles. The SMILES string of the molecule is CC(C)c1cc(C(=O)N2CCCC(O)CC2)c(O)c(C(C)C)c1. The molecule has 1 atom stereocenters. The van der Waals surface area contributed by atoms with Crippen molar-refractivity contribution in [3.05, 3.63) is 28.8 Å². The molecule has 0 bridgehead atoms. The summed E-state index contributed by atoms with van der Waals surface area (Å²) >= 11 is 0. The highest BCUT2D eigenvalue weighted by atomic mass is 16.3. The highest BCUT2D eigenvalue weighted by Crippen LogP contribution is 2.34. The van der Waals surface area contributed by atoms with Crippen LogP contribution in [0.3, 0.4) is 0 Å². The van der Waals surface area contributed by atoms with E-state index >= 15 is 0 Å². The zero-order valence-corrected chi connectivity index (χ0v) is 14.7. The Balaban J connectivity index is 2.38. The average Bonchev–Trinajstić information content (AvgIpc) is 2.71. The normalized spacial score (nSPS) is 19.3. The first-order valence-corrected chi connectivity index (χ1v) is 8.65. The van der Waals surface area contributed by atoms with Gasteiger partial charge >= 0.3 is 0 Å². The number of amides is 1. The standard InChI is InChI=1S/C19H29NO3/c1-12(2)14-10-16(13(3)4)18(22)17(11-14)19(23)20-8-5-6-15(21)7-9-20/h10-13,15,21-22H,5-9H2,1-4H3. The molecular weight excluding hydrogens is 290 g/mol. The predicted molar refractivity (Wildman–Crippen MR) is 92.0 cm³/mol. The lowest BCUT2D eigenvalue weighted by Gasteiger charge is -2.23. The van der Waals surface area contributed by atoms with Gasteiger partial charge in [-0.3, -0.25) is 4.79 Å². The smallest absolute Gasteiger partial charge is 0.257 e. The van der Waals surface area contributed by atoms with Crippen molar-refractivity contribution in [2.24, 2.45) is 0 Å². The minimum absolute atomic E-state index is 0.110. The van der Waals surface area contributed by atoms with Crippen molar-refractivity contribution in [1.82, 2.24) is 4.90 Å². The molecule has 1 heterocycles. The molecular formula is C19H29NO3. The van der Waals surface area contributed by atoms with Crippen molar-refractivity contribution < 1.29 is 15.0 Å².